The van der Waals surface area contributed by atoms with Crippen molar-refractivity contribution in [1.29, 1.82) is 0 Å². The largest absolute Gasteiger partial charge is 0.364 e. The maximum Gasteiger partial charge on any atom is 0.263 e. The maximum absolute atomic E-state index is 11.4. The molecule has 0 radical (unpaired) electrons. The Labute approximate surface area is 116 Å². The number of ether oxygens (including phenoxy) is 1. The fourth-order valence-corrected chi connectivity index (χ4v) is 3.77. The van der Waals surface area contributed by atoms with Gasteiger partial charge >= 0.3 is 0 Å². The van der Waals surface area contributed by atoms with Crippen LogP contribution < -0.4 is 11.3 Å². The SMILES string of the molecule is NNC(=O)C1CCC(CN2CCc3sccc3C2)O1. The molecule has 2 aliphatic heterocycles. The van der Waals surface area contributed by atoms with Crippen LogP contribution in [0.25, 0.3) is 0 Å². The monoisotopic (exact) mass is 281 g/mol. The summed E-state index contributed by atoms with van der Waals surface area (Å²) in [5, 5.41) is 2.17. The molecule has 0 aliphatic carbocycles. The highest BCUT2D eigenvalue weighted by Crippen LogP contribution is 2.26. The average Bonchev–Trinajstić information content (AvgIpc) is 3.06. The Balaban J connectivity index is 1.52. The first-order chi connectivity index (χ1) is 9.26. The van der Waals surface area contributed by atoms with Crippen molar-refractivity contribution < 1.29 is 9.53 Å². The van der Waals surface area contributed by atoms with Crippen molar-refractivity contribution in [2.24, 2.45) is 5.84 Å². The number of amides is 1. The Morgan fingerprint density at radius 3 is 3.32 bits per heavy atom. The number of hydrazine groups is 1. The lowest BCUT2D eigenvalue weighted by atomic mass is 10.1. The van der Waals surface area contributed by atoms with Gasteiger partial charge in [0.05, 0.1) is 6.10 Å². The van der Waals surface area contributed by atoms with Gasteiger partial charge < -0.3 is 4.74 Å². The molecule has 0 aromatic carbocycles. The van der Waals surface area contributed by atoms with E-state index < -0.39 is 0 Å². The fourth-order valence-electron chi connectivity index (χ4n) is 2.88. The highest BCUT2D eigenvalue weighted by atomic mass is 32.1. The Hall–Kier alpha value is -0.950. The van der Waals surface area contributed by atoms with Crippen LogP contribution in [0, 0.1) is 0 Å². The highest BCUT2D eigenvalue weighted by molar-refractivity contribution is 7.10. The van der Waals surface area contributed by atoms with E-state index in [2.05, 4.69) is 21.8 Å². The Bertz CT molecular complexity index is 462. The molecule has 19 heavy (non-hydrogen) atoms. The van der Waals surface area contributed by atoms with E-state index in [0.717, 1.165) is 38.9 Å². The van der Waals surface area contributed by atoms with Crippen molar-refractivity contribution in [2.45, 2.75) is 38.0 Å². The van der Waals surface area contributed by atoms with Crippen LogP contribution in [0.2, 0.25) is 0 Å². The molecule has 3 rings (SSSR count). The lowest BCUT2D eigenvalue weighted by Gasteiger charge is -2.29. The second kappa shape index (κ2) is 5.58. The van der Waals surface area contributed by atoms with Gasteiger partial charge in [0, 0.05) is 24.5 Å². The number of carbonyl (C=O) groups is 1. The molecule has 2 aliphatic rings. The van der Waals surface area contributed by atoms with E-state index in [4.69, 9.17) is 10.6 Å². The molecule has 1 aromatic rings. The Morgan fingerprint density at radius 1 is 1.58 bits per heavy atom. The van der Waals surface area contributed by atoms with E-state index >= 15 is 0 Å². The van der Waals surface area contributed by atoms with E-state index in [1.54, 1.807) is 0 Å². The molecule has 6 heteroatoms. The van der Waals surface area contributed by atoms with Crippen LogP contribution in [0.4, 0.5) is 0 Å². The number of nitrogens with two attached hydrogens (primary N) is 1. The quantitative estimate of drug-likeness (QED) is 0.485. The van der Waals surface area contributed by atoms with Gasteiger partial charge in [0.25, 0.3) is 5.91 Å². The molecule has 5 nitrogen and oxygen atoms in total. The molecule has 0 bridgehead atoms. The summed E-state index contributed by atoms with van der Waals surface area (Å²) in [6, 6.07) is 2.21. The minimum absolute atomic E-state index is 0.155. The fraction of sp³-hybridized carbons (Fsp3) is 0.615. The van der Waals surface area contributed by atoms with Crippen LogP contribution >= 0.6 is 11.3 Å². The minimum Gasteiger partial charge on any atom is -0.364 e. The summed E-state index contributed by atoms with van der Waals surface area (Å²) in [6.07, 6.45) is 2.63. The predicted molar refractivity (Wildman–Crippen MR) is 73.5 cm³/mol. The minimum atomic E-state index is -0.364. The van der Waals surface area contributed by atoms with Crippen LogP contribution in [0.1, 0.15) is 23.3 Å². The predicted octanol–water partition coefficient (Wildman–Crippen LogP) is 0.644. The number of nitrogens with one attached hydrogen (secondary N) is 1. The van der Waals surface area contributed by atoms with Crippen LogP contribution in [-0.4, -0.2) is 36.1 Å². The van der Waals surface area contributed by atoms with Gasteiger partial charge in [-0.3, -0.25) is 15.1 Å². The number of hydrogen-bond acceptors (Lipinski definition) is 5. The van der Waals surface area contributed by atoms with Crippen molar-refractivity contribution in [3.05, 3.63) is 21.9 Å². The van der Waals surface area contributed by atoms with E-state index in [0.29, 0.717) is 0 Å². The smallest absolute Gasteiger partial charge is 0.263 e. The summed E-state index contributed by atoms with van der Waals surface area (Å²) in [6.45, 7) is 3.00. The van der Waals surface area contributed by atoms with Gasteiger partial charge in [0.15, 0.2) is 0 Å². The third-order valence-corrected chi connectivity index (χ3v) is 4.91. The van der Waals surface area contributed by atoms with Gasteiger partial charge in [-0.05, 0) is 36.3 Å². The van der Waals surface area contributed by atoms with Crippen molar-refractivity contribution >= 4 is 17.2 Å². The standard InChI is InChI=1S/C13H19N3O2S/c14-15-13(17)11-2-1-10(18-11)8-16-5-3-12-9(7-16)4-6-19-12/h4,6,10-11H,1-3,5,7-8,14H2,(H,15,17). The summed E-state index contributed by atoms with van der Waals surface area (Å²) in [5.74, 6) is 4.93. The van der Waals surface area contributed by atoms with Crippen molar-refractivity contribution in [1.82, 2.24) is 10.3 Å². The first-order valence-electron chi connectivity index (χ1n) is 6.70. The molecule has 104 valence electrons. The number of hydrogen-bond donors (Lipinski definition) is 2. The molecule has 0 spiro atoms. The van der Waals surface area contributed by atoms with Crippen LogP contribution in [0.5, 0.6) is 0 Å². The molecule has 3 N–H and O–H groups in total. The number of nitrogens with zero attached hydrogens (tertiary/aromatic N) is 1. The van der Waals surface area contributed by atoms with Crippen LogP contribution in [0.15, 0.2) is 11.4 Å². The maximum atomic E-state index is 11.4. The van der Waals surface area contributed by atoms with Crippen LogP contribution in [-0.2, 0) is 22.5 Å². The number of thiophene rings is 1. The lowest BCUT2D eigenvalue weighted by Crippen LogP contribution is -2.40. The lowest BCUT2D eigenvalue weighted by molar-refractivity contribution is -0.132. The van der Waals surface area contributed by atoms with E-state index in [9.17, 15) is 4.79 Å². The summed E-state index contributed by atoms with van der Waals surface area (Å²) in [7, 11) is 0. The van der Waals surface area contributed by atoms with Crippen molar-refractivity contribution in [2.75, 3.05) is 13.1 Å². The molecule has 1 amide bonds. The summed E-state index contributed by atoms with van der Waals surface area (Å²) >= 11 is 1.85. The van der Waals surface area contributed by atoms with E-state index in [1.165, 1.54) is 10.4 Å². The third kappa shape index (κ3) is 2.81. The zero-order valence-corrected chi connectivity index (χ0v) is 11.6. The van der Waals surface area contributed by atoms with Gasteiger partial charge in [-0.25, -0.2) is 5.84 Å². The summed E-state index contributed by atoms with van der Waals surface area (Å²) in [4.78, 5) is 15.3. The highest BCUT2D eigenvalue weighted by Gasteiger charge is 2.32. The third-order valence-electron chi connectivity index (χ3n) is 3.89. The number of fused-ring (bicyclic) bond motifs is 1. The second-order valence-corrected chi connectivity index (χ2v) is 6.19. The molecule has 1 saturated heterocycles. The van der Waals surface area contributed by atoms with Gasteiger partial charge in [-0.2, -0.15) is 0 Å². The summed E-state index contributed by atoms with van der Waals surface area (Å²) in [5.41, 5.74) is 3.61. The molecule has 1 aromatic heterocycles. The van der Waals surface area contributed by atoms with Crippen molar-refractivity contribution in [3.8, 4) is 0 Å². The molecular weight excluding hydrogens is 262 g/mol. The zero-order valence-electron chi connectivity index (χ0n) is 10.8. The Morgan fingerprint density at radius 2 is 2.47 bits per heavy atom. The van der Waals surface area contributed by atoms with Gasteiger partial charge in [0.2, 0.25) is 0 Å². The molecule has 0 saturated carbocycles. The zero-order chi connectivity index (χ0) is 13.2. The van der Waals surface area contributed by atoms with Gasteiger partial charge in [-0.15, -0.1) is 11.3 Å². The molecular formula is C13H19N3O2S. The number of carbonyl (C=O) groups excluding carboxylic acids is 1. The first kappa shape index (κ1) is 13.1. The average molecular weight is 281 g/mol. The van der Waals surface area contributed by atoms with E-state index in [1.807, 2.05) is 11.3 Å². The Kier molecular flexibility index (Phi) is 3.83. The van der Waals surface area contributed by atoms with E-state index in [-0.39, 0.29) is 18.1 Å². The van der Waals surface area contributed by atoms with Crippen LogP contribution in [0.3, 0.4) is 0 Å². The molecule has 3 heterocycles. The molecule has 2 unspecified atom stereocenters. The molecule has 1 fully saturated rings. The first-order valence-corrected chi connectivity index (χ1v) is 7.57. The topological polar surface area (TPSA) is 67.6 Å². The second-order valence-electron chi connectivity index (χ2n) is 5.19. The normalized spacial score (nSPS) is 27.2. The van der Waals surface area contributed by atoms with Gasteiger partial charge in [0.1, 0.15) is 6.10 Å². The van der Waals surface area contributed by atoms with Gasteiger partial charge in [-0.1, -0.05) is 0 Å². The molecule has 2 atom stereocenters. The van der Waals surface area contributed by atoms with Crippen molar-refractivity contribution in [3.63, 3.8) is 0 Å². The number of rotatable bonds is 3. The summed E-state index contributed by atoms with van der Waals surface area (Å²) < 4.78 is 5.76.